The van der Waals surface area contributed by atoms with Gasteiger partial charge in [0.15, 0.2) is 0 Å². The van der Waals surface area contributed by atoms with Crippen LogP contribution in [0.4, 0.5) is 11.4 Å². The van der Waals surface area contributed by atoms with Crippen LogP contribution in [0, 0.1) is 5.92 Å². The van der Waals surface area contributed by atoms with Gasteiger partial charge in [-0.1, -0.05) is 66.8 Å². The van der Waals surface area contributed by atoms with Crippen LogP contribution >= 0.6 is 58.0 Å². The third-order valence-electron chi connectivity index (χ3n) is 5.89. The first kappa shape index (κ1) is 26.1. The van der Waals surface area contributed by atoms with E-state index in [1.165, 1.54) is 6.07 Å². The predicted octanol–water partition coefficient (Wildman–Crippen LogP) is 8.55. The Morgan fingerprint density at radius 2 is 1.54 bits per heavy atom. The van der Waals surface area contributed by atoms with E-state index in [4.69, 9.17) is 58.0 Å². The van der Waals surface area contributed by atoms with Crippen LogP contribution in [0.1, 0.15) is 47.2 Å². The van der Waals surface area contributed by atoms with Crippen LogP contribution in [0.5, 0.6) is 0 Å². The highest BCUT2D eigenvalue weighted by molar-refractivity contribution is 6.53. The van der Waals surface area contributed by atoms with Crippen molar-refractivity contribution in [3.05, 3.63) is 92.4 Å². The van der Waals surface area contributed by atoms with Crippen molar-refractivity contribution in [2.24, 2.45) is 5.92 Å². The molecule has 0 bridgehead atoms. The molecule has 0 radical (unpaired) electrons. The van der Waals surface area contributed by atoms with Crippen molar-refractivity contribution in [3.8, 4) is 0 Å². The van der Waals surface area contributed by atoms with Gasteiger partial charge >= 0.3 is 0 Å². The average Bonchev–Trinajstić information content (AvgIpc) is 3.36. The van der Waals surface area contributed by atoms with Crippen LogP contribution in [0.3, 0.4) is 0 Å². The van der Waals surface area contributed by atoms with E-state index < -0.39 is 22.1 Å². The Balaban J connectivity index is 1.52. The first-order valence-corrected chi connectivity index (χ1v) is 12.7. The molecule has 3 aromatic carbocycles. The minimum atomic E-state index is -1.31. The maximum absolute atomic E-state index is 13.0. The molecule has 0 heterocycles. The third-order valence-corrected chi connectivity index (χ3v) is 7.60. The summed E-state index contributed by atoms with van der Waals surface area (Å²) in [4.78, 5) is 26.1. The van der Waals surface area contributed by atoms with Crippen LogP contribution in [-0.4, -0.2) is 16.1 Å². The second-order valence-electron chi connectivity index (χ2n) is 8.71. The third kappa shape index (κ3) is 5.58. The summed E-state index contributed by atoms with van der Waals surface area (Å²) in [5.41, 5.74) is 2.99. The summed E-state index contributed by atoms with van der Waals surface area (Å²) < 4.78 is -1.31. The number of halogens is 5. The minimum absolute atomic E-state index is 0.222. The van der Waals surface area contributed by atoms with Crippen LogP contribution < -0.4 is 10.6 Å². The number of nitrogens with one attached hydrogen (secondary N) is 2. The molecule has 0 saturated heterocycles. The van der Waals surface area contributed by atoms with Gasteiger partial charge in [-0.2, -0.15) is 0 Å². The van der Waals surface area contributed by atoms with Crippen molar-refractivity contribution >= 4 is 81.2 Å². The molecule has 4 nitrogen and oxygen atoms in total. The lowest BCUT2D eigenvalue weighted by Gasteiger charge is -2.15. The largest absolute Gasteiger partial charge is 0.326 e. The summed E-state index contributed by atoms with van der Waals surface area (Å²) >= 11 is 31.4. The van der Waals surface area contributed by atoms with Gasteiger partial charge in [-0.05, 0) is 59.5 Å². The molecule has 35 heavy (non-hydrogen) atoms. The van der Waals surface area contributed by atoms with Crippen molar-refractivity contribution in [3.63, 3.8) is 0 Å². The number of hydrogen-bond acceptors (Lipinski definition) is 2. The molecule has 2 atom stereocenters. The summed E-state index contributed by atoms with van der Waals surface area (Å²) in [6.45, 7) is 4.09. The zero-order chi connectivity index (χ0) is 25.5. The second kappa shape index (κ2) is 10.2. The minimum Gasteiger partial charge on any atom is -0.326 e. The topological polar surface area (TPSA) is 58.2 Å². The molecule has 0 aromatic heterocycles. The molecular formula is C26H21Cl5N2O2. The Morgan fingerprint density at radius 3 is 2.20 bits per heavy atom. The highest BCUT2D eigenvalue weighted by Gasteiger charge is 2.67. The average molecular weight is 571 g/mol. The SMILES string of the molecule is CC(C)c1ccccc1NC(=O)c1cc(NC(=O)[C@H]2[C@H](c3cc(Cl)cc(Cl)c3)C2(Cl)Cl)ccc1Cl. The van der Waals surface area contributed by atoms with Crippen LogP contribution in [0.2, 0.25) is 15.1 Å². The van der Waals surface area contributed by atoms with E-state index in [0.717, 1.165) is 5.56 Å². The number of rotatable bonds is 6. The fourth-order valence-corrected chi connectivity index (χ4v) is 5.70. The first-order chi connectivity index (χ1) is 16.5. The first-order valence-electron chi connectivity index (χ1n) is 10.8. The number of carbonyl (C=O) groups excluding carboxylic acids is 2. The molecule has 0 aliphatic heterocycles. The molecule has 1 fully saturated rings. The van der Waals surface area contributed by atoms with Crippen molar-refractivity contribution in [2.45, 2.75) is 30.0 Å². The Kier molecular flexibility index (Phi) is 7.61. The molecule has 0 spiro atoms. The molecule has 2 amide bonds. The van der Waals surface area contributed by atoms with E-state index in [-0.39, 0.29) is 22.4 Å². The molecule has 0 unspecified atom stereocenters. The summed E-state index contributed by atoms with van der Waals surface area (Å²) in [7, 11) is 0. The molecule has 3 aromatic rings. The normalized spacial score (nSPS) is 18.3. The van der Waals surface area contributed by atoms with Crippen molar-refractivity contribution in [2.75, 3.05) is 10.6 Å². The highest BCUT2D eigenvalue weighted by Crippen LogP contribution is 2.65. The van der Waals surface area contributed by atoms with E-state index >= 15 is 0 Å². The van der Waals surface area contributed by atoms with Gasteiger partial charge < -0.3 is 10.6 Å². The summed E-state index contributed by atoms with van der Waals surface area (Å²) in [5.74, 6) is -1.77. The lowest BCUT2D eigenvalue weighted by molar-refractivity contribution is -0.117. The smallest absolute Gasteiger partial charge is 0.257 e. The number of benzene rings is 3. The van der Waals surface area contributed by atoms with E-state index in [1.807, 2.05) is 38.1 Å². The molecule has 2 N–H and O–H groups in total. The van der Waals surface area contributed by atoms with Crippen LogP contribution in [0.15, 0.2) is 60.7 Å². The van der Waals surface area contributed by atoms with E-state index in [0.29, 0.717) is 27.0 Å². The molecule has 4 rings (SSSR count). The van der Waals surface area contributed by atoms with Gasteiger partial charge in [0, 0.05) is 27.3 Å². The summed E-state index contributed by atoms with van der Waals surface area (Å²) in [6.07, 6.45) is 0. The lowest BCUT2D eigenvalue weighted by Crippen LogP contribution is -2.18. The van der Waals surface area contributed by atoms with Crippen molar-refractivity contribution < 1.29 is 9.59 Å². The van der Waals surface area contributed by atoms with E-state index in [2.05, 4.69) is 10.6 Å². The van der Waals surface area contributed by atoms with E-state index in [9.17, 15) is 9.59 Å². The Labute approximate surface area is 228 Å². The number of carbonyl (C=O) groups is 2. The quantitative estimate of drug-likeness (QED) is 0.292. The maximum atomic E-state index is 13.0. The van der Waals surface area contributed by atoms with Crippen molar-refractivity contribution in [1.82, 2.24) is 0 Å². The molecule has 1 saturated carbocycles. The molecule has 9 heteroatoms. The van der Waals surface area contributed by atoms with Gasteiger partial charge in [0.25, 0.3) is 5.91 Å². The highest BCUT2D eigenvalue weighted by atomic mass is 35.5. The van der Waals surface area contributed by atoms with Gasteiger partial charge in [0.1, 0.15) is 4.33 Å². The fourth-order valence-electron chi connectivity index (χ4n) is 4.12. The number of amides is 2. The van der Waals surface area contributed by atoms with Gasteiger partial charge in [0.2, 0.25) is 5.91 Å². The van der Waals surface area contributed by atoms with Crippen LogP contribution in [0.25, 0.3) is 0 Å². The molecule has 1 aliphatic rings. The monoisotopic (exact) mass is 568 g/mol. The fraction of sp³-hybridized carbons (Fsp3) is 0.231. The van der Waals surface area contributed by atoms with Crippen LogP contribution in [-0.2, 0) is 4.79 Å². The number of anilines is 2. The van der Waals surface area contributed by atoms with Gasteiger partial charge in [-0.25, -0.2) is 0 Å². The Morgan fingerprint density at radius 1 is 0.886 bits per heavy atom. The predicted molar refractivity (Wildman–Crippen MR) is 146 cm³/mol. The lowest BCUT2D eigenvalue weighted by atomic mass is 10.0. The maximum Gasteiger partial charge on any atom is 0.257 e. The van der Waals surface area contributed by atoms with Crippen molar-refractivity contribution in [1.29, 1.82) is 0 Å². The Hall–Kier alpha value is -1.95. The van der Waals surface area contributed by atoms with Gasteiger partial charge in [-0.3, -0.25) is 9.59 Å². The number of hydrogen-bond donors (Lipinski definition) is 2. The standard InChI is InChI=1S/C26H21Cl5N2O2/c1-13(2)18-5-3-4-6-21(18)33-24(34)19-12-17(7-8-20(19)29)32-25(35)23-22(26(23,30)31)14-9-15(27)11-16(28)10-14/h3-13,22-23H,1-2H3,(H,32,35)(H,33,34)/t22-,23+/m0/s1. The van der Waals surface area contributed by atoms with E-state index in [1.54, 1.807) is 30.3 Å². The number of alkyl halides is 2. The number of para-hydroxylation sites is 1. The molecule has 182 valence electrons. The van der Waals surface area contributed by atoms with Gasteiger partial charge in [0.05, 0.1) is 16.5 Å². The summed E-state index contributed by atoms with van der Waals surface area (Å²) in [6, 6.07) is 17.2. The second-order valence-corrected chi connectivity index (χ2v) is 11.4. The summed E-state index contributed by atoms with van der Waals surface area (Å²) in [5, 5.41) is 6.81. The zero-order valence-corrected chi connectivity index (χ0v) is 22.5. The Bertz CT molecular complexity index is 1290. The molecule has 1 aliphatic carbocycles. The zero-order valence-electron chi connectivity index (χ0n) is 18.7. The van der Waals surface area contributed by atoms with Gasteiger partial charge in [-0.15, -0.1) is 23.2 Å². The molecular weight excluding hydrogens is 550 g/mol.